The first-order valence-corrected chi connectivity index (χ1v) is 11.8. The van der Waals surface area contributed by atoms with Crippen LogP contribution in [0, 0.1) is 0 Å². The quantitative estimate of drug-likeness (QED) is 0.354. The van der Waals surface area contributed by atoms with Crippen LogP contribution in [0.1, 0.15) is 47.2 Å². The van der Waals surface area contributed by atoms with Gasteiger partial charge in [0.2, 0.25) is 5.91 Å². The second-order valence-corrected chi connectivity index (χ2v) is 9.13. The van der Waals surface area contributed by atoms with Gasteiger partial charge in [0.25, 0.3) is 0 Å². The summed E-state index contributed by atoms with van der Waals surface area (Å²) in [4.78, 5) is 15.2. The molecule has 0 aliphatic carbocycles. The highest BCUT2D eigenvalue weighted by atomic mass is 19.4. The zero-order chi connectivity index (χ0) is 27.7. The van der Waals surface area contributed by atoms with Crippen molar-refractivity contribution in [3.05, 3.63) is 82.9 Å². The number of carbonyl (C=O) groups excluding carboxylic acids is 1. The van der Waals surface area contributed by atoms with Crippen LogP contribution < -0.4 is 5.32 Å². The minimum Gasteiger partial charge on any atom is -0.494 e. The van der Waals surface area contributed by atoms with Gasteiger partial charge in [0.1, 0.15) is 6.04 Å². The second kappa shape index (κ2) is 10.6. The van der Waals surface area contributed by atoms with Crippen molar-refractivity contribution >= 4 is 5.91 Å². The minimum absolute atomic E-state index is 0.0442. The van der Waals surface area contributed by atoms with Crippen molar-refractivity contribution < 1.29 is 41.4 Å². The molecule has 6 nitrogen and oxygen atoms in total. The summed E-state index contributed by atoms with van der Waals surface area (Å²) in [7, 11) is 0. The van der Waals surface area contributed by atoms with Crippen LogP contribution in [0.5, 0.6) is 11.8 Å². The number of alkyl halides is 6. The fraction of sp³-hybridized carbons (Fsp3) is 0.346. The molecule has 3 N–H and O–H groups in total. The first kappa shape index (κ1) is 27.4. The third kappa shape index (κ3) is 6.07. The number of aromatic hydroxyl groups is 2. The maximum Gasteiger partial charge on any atom is 0.416 e. The smallest absolute Gasteiger partial charge is 0.416 e. The Hall–Kier alpha value is -3.67. The van der Waals surface area contributed by atoms with Crippen LogP contribution in [0.2, 0.25) is 0 Å². The molecule has 2 heterocycles. The SMILES string of the molecule is O=C(NCc1cc(C(F)(F)F)cc(C(F)(F)F)c1)C(c1ccccc1)N1CCC(n2c(O)ccc2O)CC1. The van der Waals surface area contributed by atoms with Crippen LogP contribution in [0.25, 0.3) is 0 Å². The van der Waals surface area contributed by atoms with Gasteiger partial charge in [-0.3, -0.25) is 14.3 Å². The second-order valence-electron chi connectivity index (χ2n) is 9.13. The number of benzene rings is 2. The zero-order valence-corrected chi connectivity index (χ0v) is 19.9. The molecule has 0 radical (unpaired) electrons. The standard InChI is InChI=1S/C26H25F6N3O3/c27-25(28,29)18-12-16(13-19(14-18)26(30,31)32)15-33-24(38)23(17-4-2-1-3-5-17)34-10-8-20(9-11-34)35-21(36)6-7-22(35)37/h1-7,12-14,20,23,36-37H,8-11,15H2,(H,33,38). The van der Waals surface area contributed by atoms with Crippen molar-refractivity contribution in [2.45, 2.75) is 43.8 Å². The van der Waals surface area contributed by atoms with Gasteiger partial charge in [-0.25, -0.2) is 0 Å². The Morgan fingerprint density at radius 1 is 0.868 bits per heavy atom. The molecular weight excluding hydrogens is 516 g/mol. The molecule has 1 aliphatic rings. The summed E-state index contributed by atoms with van der Waals surface area (Å²) >= 11 is 0. The molecule has 0 saturated carbocycles. The predicted octanol–water partition coefficient (Wildman–Crippen LogP) is 5.63. The van der Waals surface area contributed by atoms with E-state index in [0.29, 0.717) is 43.6 Å². The van der Waals surface area contributed by atoms with Crippen molar-refractivity contribution in [2.24, 2.45) is 0 Å². The summed E-state index contributed by atoms with van der Waals surface area (Å²) < 4.78 is 80.7. The number of likely N-dealkylation sites (tertiary alicyclic amines) is 1. The number of amides is 1. The van der Waals surface area contributed by atoms with Gasteiger partial charge >= 0.3 is 12.4 Å². The lowest BCUT2D eigenvalue weighted by atomic mass is 9.98. The molecule has 1 fully saturated rings. The average Bonchev–Trinajstić information content (AvgIpc) is 3.20. The summed E-state index contributed by atoms with van der Waals surface area (Å²) in [5.41, 5.74) is -2.62. The molecule has 12 heteroatoms. The molecule has 204 valence electrons. The number of piperidine rings is 1. The summed E-state index contributed by atoms with van der Waals surface area (Å²) in [6.07, 6.45) is -9.01. The van der Waals surface area contributed by atoms with E-state index in [-0.39, 0.29) is 29.4 Å². The number of nitrogens with zero attached hydrogens (tertiary/aromatic N) is 2. The molecule has 1 amide bonds. The first-order valence-electron chi connectivity index (χ1n) is 11.8. The monoisotopic (exact) mass is 541 g/mol. The Balaban J connectivity index is 1.53. The summed E-state index contributed by atoms with van der Waals surface area (Å²) in [6.45, 7) is 0.240. The van der Waals surface area contributed by atoms with Crippen LogP contribution in [0.4, 0.5) is 26.3 Å². The average molecular weight is 541 g/mol. The van der Waals surface area contributed by atoms with E-state index in [9.17, 15) is 41.4 Å². The normalized spacial score (nSPS) is 16.4. The number of carbonyl (C=O) groups is 1. The molecule has 4 rings (SSSR count). The van der Waals surface area contributed by atoms with Crippen LogP contribution >= 0.6 is 0 Å². The van der Waals surface area contributed by atoms with Gasteiger partial charge in [0.15, 0.2) is 11.8 Å². The van der Waals surface area contributed by atoms with Crippen LogP contribution in [0.15, 0.2) is 60.7 Å². The lowest BCUT2D eigenvalue weighted by Crippen LogP contribution is -2.44. The molecule has 3 aromatic rings. The number of rotatable bonds is 6. The molecule has 0 bridgehead atoms. The van der Waals surface area contributed by atoms with Crippen LogP contribution in [-0.4, -0.2) is 38.7 Å². The lowest BCUT2D eigenvalue weighted by Gasteiger charge is -2.37. The molecule has 1 atom stereocenters. The fourth-order valence-electron chi connectivity index (χ4n) is 4.77. The maximum atomic E-state index is 13.3. The summed E-state index contributed by atoms with van der Waals surface area (Å²) in [6, 6.07) is 11.5. The van der Waals surface area contributed by atoms with Gasteiger partial charge in [-0.15, -0.1) is 0 Å². The number of aromatic nitrogens is 1. The predicted molar refractivity (Wildman–Crippen MR) is 125 cm³/mol. The van der Waals surface area contributed by atoms with E-state index in [1.165, 1.54) is 16.7 Å². The number of hydrogen-bond acceptors (Lipinski definition) is 4. The van der Waals surface area contributed by atoms with Gasteiger partial charge in [0.05, 0.1) is 11.1 Å². The summed E-state index contributed by atoms with van der Waals surface area (Å²) in [5, 5.41) is 22.6. The molecule has 1 unspecified atom stereocenters. The van der Waals surface area contributed by atoms with E-state index in [0.717, 1.165) is 0 Å². The molecule has 1 aliphatic heterocycles. The van der Waals surface area contributed by atoms with Gasteiger partial charge in [-0.05, 0) is 42.2 Å². The summed E-state index contributed by atoms with van der Waals surface area (Å²) in [5.74, 6) is -0.748. The highest BCUT2D eigenvalue weighted by molar-refractivity contribution is 5.83. The number of halogens is 6. The Bertz CT molecular complexity index is 1210. The van der Waals surface area contributed by atoms with E-state index in [1.54, 1.807) is 30.3 Å². The van der Waals surface area contributed by atoms with Crippen LogP contribution in [-0.2, 0) is 23.7 Å². The van der Waals surface area contributed by atoms with Gasteiger partial charge in [-0.2, -0.15) is 26.3 Å². The Kier molecular flexibility index (Phi) is 7.63. The zero-order valence-electron chi connectivity index (χ0n) is 19.9. The minimum atomic E-state index is -4.99. The molecular formula is C26H25F6N3O3. The molecule has 1 saturated heterocycles. The van der Waals surface area contributed by atoms with Gasteiger partial charge in [-0.1, -0.05) is 30.3 Å². The molecule has 0 spiro atoms. The van der Waals surface area contributed by atoms with Crippen molar-refractivity contribution in [1.29, 1.82) is 0 Å². The van der Waals surface area contributed by atoms with Crippen molar-refractivity contribution in [3.8, 4) is 11.8 Å². The Morgan fingerprint density at radius 3 is 1.89 bits per heavy atom. The van der Waals surface area contributed by atoms with E-state index in [2.05, 4.69) is 5.32 Å². The van der Waals surface area contributed by atoms with E-state index in [4.69, 9.17) is 0 Å². The largest absolute Gasteiger partial charge is 0.494 e. The highest BCUT2D eigenvalue weighted by Crippen LogP contribution is 2.37. The third-order valence-electron chi connectivity index (χ3n) is 6.58. The topological polar surface area (TPSA) is 77.7 Å². The maximum absolute atomic E-state index is 13.3. The van der Waals surface area contributed by atoms with Crippen molar-refractivity contribution in [1.82, 2.24) is 14.8 Å². The van der Waals surface area contributed by atoms with Crippen molar-refractivity contribution in [3.63, 3.8) is 0 Å². The van der Waals surface area contributed by atoms with E-state index < -0.39 is 42.0 Å². The molecule has 2 aromatic carbocycles. The van der Waals surface area contributed by atoms with Gasteiger partial charge < -0.3 is 15.5 Å². The van der Waals surface area contributed by atoms with Crippen molar-refractivity contribution in [2.75, 3.05) is 13.1 Å². The third-order valence-corrected chi connectivity index (χ3v) is 6.58. The van der Waals surface area contributed by atoms with Crippen LogP contribution in [0.3, 0.4) is 0 Å². The lowest BCUT2D eigenvalue weighted by molar-refractivity contribution is -0.143. The van der Waals surface area contributed by atoms with E-state index >= 15 is 0 Å². The molecule has 38 heavy (non-hydrogen) atoms. The van der Waals surface area contributed by atoms with Gasteiger partial charge in [0, 0.05) is 37.8 Å². The van der Waals surface area contributed by atoms with E-state index in [1.807, 2.05) is 4.90 Å². The molecule has 1 aromatic heterocycles. The number of hydrogen-bond donors (Lipinski definition) is 3. The Labute approximate surface area is 214 Å². The fourth-order valence-corrected chi connectivity index (χ4v) is 4.77. The highest BCUT2D eigenvalue weighted by Gasteiger charge is 2.37. The first-order chi connectivity index (χ1) is 17.8. The Morgan fingerprint density at radius 2 is 1.39 bits per heavy atom. The number of nitrogens with one attached hydrogen (secondary N) is 1.